The van der Waals surface area contributed by atoms with E-state index < -0.39 is 5.97 Å². The highest BCUT2D eigenvalue weighted by molar-refractivity contribution is 5.79. The first kappa shape index (κ1) is 15.2. The lowest BCUT2D eigenvalue weighted by Gasteiger charge is -2.42. The average Bonchev–Trinajstić information content (AvgIpc) is 3.26. The van der Waals surface area contributed by atoms with E-state index in [9.17, 15) is 14.9 Å². The smallest absolute Gasteiger partial charge is 0.310 e. The second kappa shape index (κ2) is 5.36. The summed E-state index contributed by atoms with van der Waals surface area (Å²) in [6.07, 6.45) is 4.92. The van der Waals surface area contributed by atoms with Crippen LogP contribution >= 0.6 is 0 Å². The summed E-state index contributed by atoms with van der Waals surface area (Å²) in [5.41, 5.74) is 2.44. The minimum atomic E-state index is -0.775. The molecular formula is C17H21N3O4. The summed E-state index contributed by atoms with van der Waals surface area (Å²) in [7, 11) is 0. The molecule has 1 aromatic carbocycles. The first-order valence-corrected chi connectivity index (χ1v) is 8.49. The zero-order chi connectivity index (χ0) is 16.9. The van der Waals surface area contributed by atoms with Gasteiger partial charge in [0.2, 0.25) is 0 Å². The van der Waals surface area contributed by atoms with Crippen molar-refractivity contribution in [3.8, 4) is 0 Å². The van der Waals surface area contributed by atoms with Gasteiger partial charge in [-0.05, 0) is 37.2 Å². The lowest BCUT2D eigenvalue weighted by atomic mass is 9.93. The van der Waals surface area contributed by atoms with Gasteiger partial charge in [0.15, 0.2) is 0 Å². The summed E-state index contributed by atoms with van der Waals surface area (Å²) in [6.45, 7) is 2.78. The molecule has 0 aromatic heterocycles. The van der Waals surface area contributed by atoms with Gasteiger partial charge in [-0.1, -0.05) is 0 Å². The minimum Gasteiger partial charge on any atom is -0.481 e. The third kappa shape index (κ3) is 2.57. The van der Waals surface area contributed by atoms with Gasteiger partial charge >= 0.3 is 5.97 Å². The third-order valence-corrected chi connectivity index (χ3v) is 5.86. The Kier molecular flexibility index (Phi) is 3.40. The van der Waals surface area contributed by atoms with Crippen LogP contribution in [0.15, 0.2) is 18.2 Å². The molecule has 1 aromatic rings. The van der Waals surface area contributed by atoms with Crippen molar-refractivity contribution in [1.82, 2.24) is 0 Å². The molecule has 1 aliphatic carbocycles. The van der Waals surface area contributed by atoms with Gasteiger partial charge in [-0.15, -0.1) is 0 Å². The molecule has 0 bridgehead atoms. The number of anilines is 2. The fraction of sp³-hybridized carbons (Fsp3) is 0.588. The second-order valence-electron chi connectivity index (χ2n) is 7.36. The molecule has 0 amide bonds. The largest absolute Gasteiger partial charge is 0.481 e. The molecule has 0 radical (unpaired) electrons. The van der Waals surface area contributed by atoms with Gasteiger partial charge in [-0.2, -0.15) is 0 Å². The van der Waals surface area contributed by atoms with Crippen molar-refractivity contribution in [2.45, 2.75) is 25.7 Å². The lowest BCUT2D eigenvalue weighted by molar-refractivity contribution is -0.384. The van der Waals surface area contributed by atoms with E-state index in [4.69, 9.17) is 5.11 Å². The van der Waals surface area contributed by atoms with Crippen molar-refractivity contribution in [1.29, 1.82) is 0 Å². The second-order valence-corrected chi connectivity index (χ2v) is 7.36. The molecular weight excluding hydrogens is 310 g/mol. The molecule has 1 N–H and O–H groups in total. The Morgan fingerprint density at radius 3 is 2.33 bits per heavy atom. The van der Waals surface area contributed by atoms with Gasteiger partial charge < -0.3 is 14.9 Å². The quantitative estimate of drug-likeness (QED) is 0.674. The Morgan fingerprint density at radius 1 is 1.12 bits per heavy atom. The lowest BCUT2D eigenvalue weighted by Crippen LogP contribution is -2.51. The number of carboxylic acid groups (broad SMARTS) is 1. The van der Waals surface area contributed by atoms with Crippen molar-refractivity contribution in [2.24, 2.45) is 11.3 Å². The fourth-order valence-electron chi connectivity index (χ4n) is 3.88. The number of hydrogen-bond donors (Lipinski definition) is 1. The number of rotatable bonds is 4. The van der Waals surface area contributed by atoms with Gasteiger partial charge in [0.1, 0.15) is 0 Å². The number of carbonyl (C=O) groups is 1. The van der Waals surface area contributed by atoms with E-state index in [1.807, 2.05) is 4.90 Å². The van der Waals surface area contributed by atoms with E-state index in [2.05, 4.69) is 4.90 Å². The number of aliphatic carboxylic acids is 1. The van der Waals surface area contributed by atoms with E-state index in [-0.39, 0.29) is 16.5 Å². The minimum absolute atomic E-state index is 0.0933. The number of nitro groups is 1. The maximum atomic E-state index is 11.2. The molecule has 1 spiro atoms. The van der Waals surface area contributed by atoms with Crippen LogP contribution in [0.2, 0.25) is 0 Å². The summed E-state index contributed by atoms with van der Waals surface area (Å²) < 4.78 is 0. The monoisotopic (exact) mass is 331 g/mol. The number of nitrogens with zero attached hydrogens (tertiary/aromatic N) is 3. The van der Waals surface area contributed by atoms with Crippen molar-refractivity contribution in [3.63, 3.8) is 0 Å². The summed E-state index contributed by atoms with van der Waals surface area (Å²) in [5.74, 6) is -1.12. The SMILES string of the molecule is O=C(O)C1CN(c2ccc([N+](=O)[O-])cc2N2CCC3(CC2)CC3)C1. The molecule has 1 saturated carbocycles. The van der Waals surface area contributed by atoms with Crippen molar-refractivity contribution in [2.75, 3.05) is 36.0 Å². The van der Waals surface area contributed by atoms with E-state index in [0.717, 1.165) is 37.3 Å². The third-order valence-electron chi connectivity index (χ3n) is 5.86. The molecule has 24 heavy (non-hydrogen) atoms. The highest BCUT2D eigenvalue weighted by Crippen LogP contribution is 2.54. The van der Waals surface area contributed by atoms with Crippen molar-refractivity contribution >= 4 is 23.0 Å². The van der Waals surface area contributed by atoms with Gasteiger partial charge in [0.25, 0.3) is 5.69 Å². The van der Waals surface area contributed by atoms with Crippen LogP contribution in [0.4, 0.5) is 17.1 Å². The van der Waals surface area contributed by atoms with E-state index in [1.54, 1.807) is 12.1 Å². The van der Waals surface area contributed by atoms with Crippen LogP contribution in [0.1, 0.15) is 25.7 Å². The maximum Gasteiger partial charge on any atom is 0.310 e. The molecule has 2 saturated heterocycles. The summed E-state index contributed by atoms with van der Waals surface area (Å²) in [6, 6.07) is 4.93. The Morgan fingerprint density at radius 2 is 1.79 bits per heavy atom. The zero-order valence-electron chi connectivity index (χ0n) is 13.5. The molecule has 3 aliphatic rings. The topological polar surface area (TPSA) is 86.9 Å². The van der Waals surface area contributed by atoms with E-state index in [0.29, 0.717) is 18.5 Å². The van der Waals surface area contributed by atoms with Crippen molar-refractivity contribution < 1.29 is 14.8 Å². The Bertz CT molecular complexity index is 685. The van der Waals surface area contributed by atoms with Crippen LogP contribution in [0.3, 0.4) is 0 Å². The Labute approximate surface area is 140 Å². The molecule has 7 nitrogen and oxygen atoms in total. The summed E-state index contributed by atoms with van der Waals surface area (Å²) in [4.78, 5) is 26.1. The van der Waals surface area contributed by atoms with E-state index >= 15 is 0 Å². The molecule has 4 rings (SSSR count). The first-order chi connectivity index (χ1) is 11.5. The zero-order valence-corrected chi connectivity index (χ0v) is 13.5. The average molecular weight is 331 g/mol. The molecule has 0 atom stereocenters. The number of hydrogen-bond acceptors (Lipinski definition) is 5. The molecule has 7 heteroatoms. The number of non-ortho nitro benzene ring substituents is 1. The molecule has 2 heterocycles. The van der Waals surface area contributed by atoms with Crippen LogP contribution in [-0.2, 0) is 4.79 Å². The predicted molar refractivity (Wildman–Crippen MR) is 89.5 cm³/mol. The van der Waals surface area contributed by atoms with Gasteiger partial charge in [-0.25, -0.2) is 0 Å². The van der Waals surface area contributed by atoms with Crippen molar-refractivity contribution in [3.05, 3.63) is 28.3 Å². The first-order valence-electron chi connectivity index (χ1n) is 8.49. The normalized spacial score (nSPS) is 22.3. The predicted octanol–water partition coefficient (Wildman–Crippen LogP) is 2.50. The Balaban J connectivity index is 1.59. The Hall–Kier alpha value is -2.31. The highest BCUT2D eigenvalue weighted by Gasteiger charge is 2.45. The molecule has 128 valence electrons. The number of carboxylic acids is 1. The number of benzene rings is 1. The molecule has 2 aliphatic heterocycles. The summed E-state index contributed by atoms with van der Waals surface area (Å²) >= 11 is 0. The maximum absolute atomic E-state index is 11.2. The fourth-order valence-corrected chi connectivity index (χ4v) is 3.88. The van der Waals surface area contributed by atoms with Gasteiger partial charge in [-0.3, -0.25) is 14.9 Å². The van der Waals surface area contributed by atoms with Crippen LogP contribution < -0.4 is 9.80 Å². The van der Waals surface area contributed by atoms with E-state index in [1.165, 1.54) is 18.9 Å². The van der Waals surface area contributed by atoms with Crippen LogP contribution in [0, 0.1) is 21.4 Å². The number of nitro benzene ring substituents is 1. The highest BCUT2D eigenvalue weighted by atomic mass is 16.6. The number of piperidine rings is 1. The summed E-state index contributed by atoms with van der Waals surface area (Å²) in [5, 5.41) is 20.2. The van der Waals surface area contributed by atoms with Crippen LogP contribution in [-0.4, -0.2) is 42.2 Å². The molecule has 0 unspecified atom stereocenters. The van der Waals surface area contributed by atoms with Gasteiger partial charge in [0.05, 0.1) is 22.2 Å². The van der Waals surface area contributed by atoms with Crippen LogP contribution in [0.25, 0.3) is 0 Å². The van der Waals surface area contributed by atoms with Gasteiger partial charge in [0, 0.05) is 38.3 Å². The van der Waals surface area contributed by atoms with Crippen LogP contribution in [0.5, 0.6) is 0 Å². The molecule has 3 fully saturated rings. The standard InChI is InChI=1S/C17H21N3O4/c21-16(22)12-10-19(11-12)14-2-1-13(20(23)24)9-15(14)18-7-5-17(3-4-17)6-8-18/h1-2,9,12H,3-8,10-11H2,(H,21,22).